The van der Waals surface area contributed by atoms with E-state index in [0.29, 0.717) is 32.4 Å². The fourth-order valence-corrected chi connectivity index (χ4v) is 3.35. The lowest BCUT2D eigenvalue weighted by Gasteiger charge is -2.41. The minimum atomic E-state index is -0.644. The van der Waals surface area contributed by atoms with Crippen LogP contribution in [0.15, 0.2) is 54.7 Å². The maximum Gasteiger partial charge on any atom is 0.303 e. The van der Waals surface area contributed by atoms with Crippen molar-refractivity contribution < 1.29 is 14.3 Å². The van der Waals surface area contributed by atoms with E-state index in [1.165, 1.54) is 6.92 Å². The molecule has 2 heterocycles. The quantitative estimate of drug-likeness (QED) is 0.804. The zero-order chi connectivity index (χ0) is 17.7. The van der Waals surface area contributed by atoms with Gasteiger partial charge in [0.2, 0.25) is 5.91 Å². The van der Waals surface area contributed by atoms with E-state index in [0.717, 1.165) is 11.3 Å². The number of ether oxygens (including phenoxy) is 1. The maximum atomic E-state index is 12.5. The summed E-state index contributed by atoms with van der Waals surface area (Å²) in [6.45, 7) is 2.56. The summed E-state index contributed by atoms with van der Waals surface area (Å²) in [5, 5.41) is 0. The van der Waals surface area contributed by atoms with Crippen molar-refractivity contribution in [2.45, 2.75) is 31.8 Å². The Hall–Kier alpha value is -2.69. The van der Waals surface area contributed by atoms with Gasteiger partial charge in [-0.2, -0.15) is 0 Å². The SMILES string of the molecule is CC(=O)OC1(c2ccccc2)CCN(C(=O)Cc2ccccn2)CC1. The van der Waals surface area contributed by atoms with E-state index >= 15 is 0 Å². The van der Waals surface area contributed by atoms with Crippen molar-refractivity contribution in [2.75, 3.05) is 13.1 Å². The molecule has 0 aliphatic carbocycles. The molecule has 25 heavy (non-hydrogen) atoms. The van der Waals surface area contributed by atoms with Gasteiger partial charge < -0.3 is 9.64 Å². The lowest BCUT2D eigenvalue weighted by atomic mass is 9.84. The van der Waals surface area contributed by atoms with Gasteiger partial charge in [0.25, 0.3) is 0 Å². The van der Waals surface area contributed by atoms with Crippen molar-refractivity contribution in [2.24, 2.45) is 0 Å². The molecule has 0 saturated carbocycles. The molecule has 1 amide bonds. The predicted molar refractivity (Wildman–Crippen MR) is 93.6 cm³/mol. The number of aromatic nitrogens is 1. The number of hydrogen-bond donors (Lipinski definition) is 0. The molecular formula is C20H22N2O3. The van der Waals surface area contributed by atoms with Gasteiger partial charge in [0.1, 0.15) is 5.60 Å². The standard InChI is InChI=1S/C20H22N2O3/c1-16(23)25-20(17-7-3-2-4-8-17)10-13-22(14-11-20)19(24)15-18-9-5-6-12-21-18/h2-9,12H,10-11,13-15H2,1H3. The minimum absolute atomic E-state index is 0.0585. The topological polar surface area (TPSA) is 59.5 Å². The zero-order valence-corrected chi connectivity index (χ0v) is 14.4. The lowest BCUT2D eigenvalue weighted by molar-refractivity contribution is -0.165. The molecule has 1 saturated heterocycles. The summed E-state index contributed by atoms with van der Waals surface area (Å²) in [6.07, 6.45) is 3.20. The van der Waals surface area contributed by atoms with Gasteiger partial charge in [-0.05, 0) is 17.7 Å². The van der Waals surface area contributed by atoms with Crippen LogP contribution in [-0.4, -0.2) is 34.8 Å². The third kappa shape index (κ3) is 4.05. The van der Waals surface area contributed by atoms with Gasteiger partial charge in [-0.1, -0.05) is 36.4 Å². The molecule has 2 aromatic rings. The van der Waals surface area contributed by atoms with Crippen LogP contribution in [0.5, 0.6) is 0 Å². The van der Waals surface area contributed by atoms with Crippen molar-refractivity contribution in [1.29, 1.82) is 0 Å². The van der Waals surface area contributed by atoms with E-state index in [4.69, 9.17) is 4.74 Å². The summed E-state index contributed by atoms with van der Waals surface area (Å²) in [5.41, 5.74) is 1.11. The molecule has 0 unspecified atom stereocenters. The first-order valence-corrected chi connectivity index (χ1v) is 8.52. The first kappa shape index (κ1) is 17.1. The Balaban J connectivity index is 1.69. The van der Waals surface area contributed by atoms with Crippen LogP contribution in [0, 0.1) is 0 Å². The van der Waals surface area contributed by atoms with Gasteiger partial charge in [-0.25, -0.2) is 0 Å². The highest BCUT2D eigenvalue weighted by Gasteiger charge is 2.40. The van der Waals surface area contributed by atoms with Gasteiger partial charge >= 0.3 is 5.97 Å². The molecule has 5 heteroatoms. The highest BCUT2D eigenvalue weighted by atomic mass is 16.6. The predicted octanol–water partition coefficient (Wildman–Crippen LogP) is 2.71. The third-order valence-corrected chi connectivity index (χ3v) is 4.62. The maximum absolute atomic E-state index is 12.5. The number of carbonyl (C=O) groups excluding carboxylic acids is 2. The molecule has 0 N–H and O–H groups in total. The van der Waals surface area contributed by atoms with E-state index < -0.39 is 5.60 Å². The Morgan fingerprint density at radius 2 is 1.76 bits per heavy atom. The van der Waals surface area contributed by atoms with Gasteiger partial charge in [0.05, 0.1) is 6.42 Å². The molecule has 1 aromatic heterocycles. The summed E-state index contributed by atoms with van der Waals surface area (Å²) >= 11 is 0. The summed E-state index contributed by atoms with van der Waals surface area (Å²) in [5.74, 6) is -0.236. The second kappa shape index (κ2) is 7.47. The van der Waals surface area contributed by atoms with Gasteiger partial charge in [0.15, 0.2) is 0 Å². The number of nitrogens with zero attached hydrogens (tertiary/aromatic N) is 2. The summed E-state index contributed by atoms with van der Waals surface area (Å²) in [7, 11) is 0. The van der Waals surface area contributed by atoms with Crippen LogP contribution < -0.4 is 0 Å². The molecule has 1 aromatic carbocycles. The Kier molecular flexibility index (Phi) is 5.12. The summed E-state index contributed by atoms with van der Waals surface area (Å²) in [4.78, 5) is 30.2. The molecule has 1 fully saturated rings. The Labute approximate surface area is 147 Å². The number of rotatable bonds is 4. The number of amides is 1. The molecule has 0 radical (unpaired) electrons. The first-order chi connectivity index (χ1) is 12.1. The minimum Gasteiger partial charge on any atom is -0.454 e. The van der Waals surface area contributed by atoms with Gasteiger partial charge in [-0.15, -0.1) is 0 Å². The van der Waals surface area contributed by atoms with Crippen molar-refractivity contribution in [3.63, 3.8) is 0 Å². The van der Waals surface area contributed by atoms with E-state index in [1.54, 1.807) is 6.20 Å². The van der Waals surface area contributed by atoms with Crippen LogP contribution >= 0.6 is 0 Å². The number of hydrogen-bond acceptors (Lipinski definition) is 4. The molecule has 1 aliphatic heterocycles. The first-order valence-electron chi connectivity index (χ1n) is 8.52. The molecular weight excluding hydrogens is 316 g/mol. The Morgan fingerprint density at radius 3 is 2.36 bits per heavy atom. The summed E-state index contributed by atoms with van der Waals surface area (Å²) < 4.78 is 5.72. The second-order valence-electron chi connectivity index (χ2n) is 6.33. The molecule has 3 rings (SSSR count). The van der Waals surface area contributed by atoms with Crippen molar-refractivity contribution in [3.05, 3.63) is 66.0 Å². The number of benzene rings is 1. The van der Waals surface area contributed by atoms with Crippen LogP contribution in [0.4, 0.5) is 0 Å². The van der Waals surface area contributed by atoms with Crippen LogP contribution in [0.2, 0.25) is 0 Å². The number of piperidine rings is 1. The Morgan fingerprint density at radius 1 is 1.08 bits per heavy atom. The molecule has 130 valence electrons. The van der Waals surface area contributed by atoms with E-state index in [1.807, 2.05) is 53.4 Å². The van der Waals surface area contributed by atoms with E-state index in [-0.39, 0.29) is 11.9 Å². The number of pyridine rings is 1. The molecule has 0 bridgehead atoms. The molecule has 0 atom stereocenters. The smallest absolute Gasteiger partial charge is 0.303 e. The molecule has 1 aliphatic rings. The van der Waals surface area contributed by atoms with Crippen molar-refractivity contribution >= 4 is 11.9 Å². The fourth-order valence-electron chi connectivity index (χ4n) is 3.35. The average molecular weight is 338 g/mol. The van der Waals surface area contributed by atoms with E-state index in [9.17, 15) is 9.59 Å². The van der Waals surface area contributed by atoms with Crippen LogP contribution in [-0.2, 0) is 26.3 Å². The molecule has 0 spiro atoms. The number of likely N-dealkylation sites (tertiary alicyclic amines) is 1. The zero-order valence-electron chi connectivity index (χ0n) is 14.4. The normalized spacial score (nSPS) is 16.3. The highest BCUT2D eigenvalue weighted by molar-refractivity contribution is 5.78. The number of carbonyl (C=O) groups is 2. The van der Waals surface area contributed by atoms with Crippen molar-refractivity contribution in [1.82, 2.24) is 9.88 Å². The Bertz CT molecular complexity index is 723. The molecule has 5 nitrogen and oxygen atoms in total. The monoisotopic (exact) mass is 338 g/mol. The number of esters is 1. The summed E-state index contributed by atoms with van der Waals surface area (Å²) in [6, 6.07) is 15.4. The fraction of sp³-hybridized carbons (Fsp3) is 0.350. The lowest BCUT2D eigenvalue weighted by Crippen LogP contribution is -2.47. The van der Waals surface area contributed by atoms with Crippen LogP contribution in [0.1, 0.15) is 31.0 Å². The average Bonchev–Trinajstić information content (AvgIpc) is 2.63. The third-order valence-electron chi connectivity index (χ3n) is 4.62. The van der Waals surface area contributed by atoms with Crippen LogP contribution in [0.25, 0.3) is 0 Å². The van der Waals surface area contributed by atoms with Gasteiger partial charge in [0, 0.05) is 44.7 Å². The van der Waals surface area contributed by atoms with Crippen molar-refractivity contribution in [3.8, 4) is 0 Å². The van der Waals surface area contributed by atoms with E-state index in [2.05, 4.69) is 4.98 Å². The van der Waals surface area contributed by atoms with Gasteiger partial charge in [-0.3, -0.25) is 14.6 Å². The van der Waals surface area contributed by atoms with Crippen LogP contribution in [0.3, 0.4) is 0 Å². The highest BCUT2D eigenvalue weighted by Crippen LogP contribution is 2.37. The largest absolute Gasteiger partial charge is 0.454 e. The second-order valence-corrected chi connectivity index (χ2v) is 6.33.